The van der Waals surface area contributed by atoms with Crippen LogP contribution in [0.15, 0.2) is 16.3 Å². The zero-order chi connectivity index (χ0) is 13.8. The zero-order valence-electron chi connectivity index (χ0n) is 10.0. The van der Waals surface area contributed by atoms with Crippen LogP contribution in [0.25, 0.3) is 0 Å². The van der Waals surface area contributed by atoms with Crippen molar-refractivity contribution in [3.63, 3.8) is 0 Å². The number of carbonyl (C=O) groups is 1. The maximum Gasteiger partial charge on any atom is 0.349 e. The van der Waals surface area contributed by atoms with Crippen molar-refractivity contribution < 1.29 is 23.1 Å². The molecule has 1 aromatic rings. The van der Waals surface area contributed by atoms with E-state index in [0.29, 0.717) is 6.42 Å². The second kappa shape index (κ2) is 6.28. The Morgan fingerprint density at radius 1 is 1.61 bits per heavy atom. The Morgan fingerprint density at radius 3 is 2.78 bits per heavy atom. The Labute approximate surface area is 110 Å². The minimum Gasteiger partial charge on any atom is -0.465 e. The number of methoxy groups -OCH3 is 1. The fourth-order valence-corrected chi connectivity index (χ4v) is 3.93. The second-order valence-corrected chi connectivity index (χ2v) is 6.11. The molecular formula is C10H15NO5S2. The van der Waals surface area contributed by atoms with Crippen molar-refractivity contribution in [2.24, 2.45) is 0 Å². The van der Waals surface area contributed by atoms with Crippen LogP contribution in [0.2, 0.25) is 0 Å². The third-order valence-corrected chi connectivity index (χ3v) is 4.91. The fraction of sp³-hybridized carbons (Fsp3) is 0.500. The highest BCUT2D eigenvalue weighted by Gasteiger charge is 2.26. The van der Waals surface area contributed by atoms with E-state index in [0.717, 1.165) is 11.3 Å². The summed E-state index contributed by atoms with van der Waals surface area (Å²) >= 11 is 0.995. The second-order valence-electron chi connectivity index (χ2n) is 3.51. The van der Waals surface area contributed by atoms with E-state index >= 15 is 0 Å². The Kier molecular flexibility index (Phi) is 5.27. The minimum atomic E-state index is -3.83. The number of aliphatic hydroxyl groups is 1. The van der Waals surface area contributed by atoms with Crippen molar-refractivity contribution in [3.05, 3.63) is 16.3 Å². The summed E-state index contributed by atoms with van der Waals surface area (Å²) < 4.78 is 30.9. The highest BCUT2D eigenvalue weighted by atomic mass is 32.2. The van der Waals surface area contributed by atoms with Crippen LogP contribution < -0.4 is 4.72 Å². The number of ether oxygens (including phenoxy) is 1. The predicted molar refractivity (Wildman–Crippen MR) is 67.1 cm³/mol. The third kappa shape index (κ3) is 3.29. The van der Waals surface area contributed by atoms with E-state index in [9.17, 15) is 13.2 Å². The summed E-state index contributed by atoms with van der Waals surface area (Å²) in [5, 5.41) is 10.5. The van der Waals surface area contributed by atoms with Gasteiger partial charge in [0.1, 0.15) is 9.77 Å². The SMILES string of the molecule is CCC(CO)NS(=O)(=O)c1ccsc1C(=O)OC. The van der Waals surface area contributed by atoms with Gasteiger partial charge in [-0.2, -0.15) is 0 Å². The summed E-state index contributed by atoms with van der Waals surface area (Å²) in [7, 11) is -2.64. The van der Waals surface area contributed by atoms with E-state index in [1.54, 1.807) is 6.92 Å². The van der Waals surface area contributed by atoms with Crippen LogP contribution in [0.1, 0.15) is 23.0 Å². The molecule has 0 amide bonds. The molecule has 1 heterocycles. The molecule has 0 spiro atoms. The molecule has 1 rings (SSSR count). The average Bonchev–Trinajstić information content (AvgIpc) is 2.85. The number of carbonyl (C=O) groups excluding carboxylic acids is 1. The van der Waals surface area contributed by atoms with Gasteiger partial charge in [0, 0.05) is 6.04 Å². The molecule has 0 saturated carbocycles. The maximum atomic E-state index is 12.0. The van der Waals surface area contributed by atoms with Crippen LogP contribution in [0.5, 0.6) is 0 Å². The molecule has 0 bridgehead atoms. The summed E-state index contributed by atoms with van der Waals surface area (Å²) in [4.78, 5) is 11.3. The molecule has 0 fully saturated rings. The van der Waals surface area contributed by atoms with Gasteiger partial charge < -0.3 is 9.84 Å². The Bertz CT molecular complexity index is 504. The highest BCUT2D eigenvalue weighted by molar-refractivity contribution is 7.89. The van der Waals surface area contributed by atoms with Crippen molar-refractivity contribution in [2.45, 2.75) is 24.3 Å². The number of aliphatic hydroxyl groups excluding tert-OH is 1. The van der Waals surface area contributed by atoms with E-state index in [1.807, 2.05) is 0 Å². The van der Waals surface area contributed by atoms with Crippen molar-refractivity contribution in [3.8, 4) is 0 Å². The molecule has 8 heteroatoms. The van der Waals surface area contributed by atoms with Gasteiger partial charge in [0.05, 0.1) is 13.7 Å². The molecule has 2 N–H and O–H groups in total. The summed E-state index contributed by atoms with van der Waals surface area (Å²) in [6, 6.07) is 0.768. The van der Waals surface area contributed by atoms with Gasteiger partial charge in [-0.05, 0) is 17.9 Å². The van der Waals surface area contributed by atoms with Gasteiger partial charge in [-0.3, -0.25) is 0 Å². The van der Waals surface area contributed by atoms with Crippen molar-refractivity contribution in [1.82, 2.24) is 4.72 Å². The molecule has 0 aliphatic heterocycles. The fourth-order valence-electron chi connectivity index (χ4n) is 1.28. The van der Waals surface area contributed by atoms with E-state index in [-0.39, 0.29) is 16.4 Å². The molecule has 0 aliphatic rings. The first-order valence-electron chi connectivity index (χ1n) is 5.25. The Balaban J connectivity index is 3.06. The number of nitrogens with one attached hydrogen (secondary N) is 1. The predicted octanol–water partition coefficient (Wildman–Crippen LogP) is 0.584. The molecular weight excluding hydrogens is 278 g/mol. The molecule has 0 aliphatic carbocycles. The number of esters is 1. The van der Waals surface area contributed by atoms with Gasteiger partial charge in [0.2, 0.25) is 10.0 Å². The molecule has 0 aromatic carbocycles. The largest absolute Gasteiger partial charge is 0.465 e. The molecule has 0 radical (unpaired) electrons. The van der Waals surface area contributed by atoms with E-state index in [1.165, 1.54) is 18.6 Å². The smallest absolute Gasteiger partial charge is 0.349 e. The monoisotopic (exact) mass is 293 g/mol. The highest BCUT2D eigenvalue weighted by Crippen LogP contribution is 2.23. The number of thiophene rings is 1. The van der Waals surface area contributed by atoms with Crippen LogP contribution >= 0.6 is 11.3 Å². The first-order valence-corrected chi connectivity index (χ1v) is 7.61. The molecule has 1 unspecified atom stereocenters. The van der Waals surface area contributed by atoms with Crippen molar-refractivity contribution in [1.29, 1.82) is 0 Å². The number of rotatable bonds is 6. The number of hydrogen-bond donors (Lipinski definition) is 2. The van der Waals surface area contributed by atoms with Crippen molar-refractivity contribution in [2.75, 3.05) is 13.7 Å². The molecule has 6 nitrogen and oxygen atoms in total. The van der Waals surface area contributed by atoms with Gasteiger partial charge in [0.25, 0.3) is 0 Å². The lowest BCUT2D eigenvalue weighted by Gasteiger charge is -2.14. The van der Waals surface area contributed by atoms with Crippen LogP contribution in [-0.2, 0) is 14.8 Å². The lowest BCUT2D eigenvalue weighted by Crippen LogP contribution is -2.37. The molecule has 18 heavy (non-hydrogen) atoms. The van der Waals surface area contributed by atoms with E-state index in [2.05, 4.69) is 9.46 Å². The van der Waals surface area contributed by atoms with Crippen LogP contribution in [0.4, 0.5) is 0 Å². The summed E-state index contributed by atoms with van der Waals surface area (Å²) in [6.45, 7) is 1.45. The van der Waals surface area contributed by atoms with Gasteiger partial charge >= 0.3 is 5.97 Å². The van der Waals surface area contributed by atoms with E-state index in [4.69, 9.17) is 5.11 Å². The minimum absolute atomic E-state index is 0.0257. The first-order chi connectivity index (χ1) is 8.46. The summed E-state index contributed by atoms with van der Waals surface area (Å²) in [5.74, 6) is -0.692. The lowest BCUT2D eigenvalue weighted by molar-refractivity contribution is 0.0602. The normalized spacial score (nSPS) is 13.3. The number of hydrogen-bond acceptors (Lipinski definition) is 6. The van der Waals surface area contributed by atoms with Crippen molar-refractivity contribution >= 4 is 27.3 Å². The molecule has 1 atom stereocenters. The lowest BCUT2D eigenvalue weighted by atomic mass is 10.3. The Hall–Kier alpha value is -0.960. The average molecular weight is 293 g/mol. The van der Waals surface area contributed by atoms with Crippen LogP contribution in [0, 0.1) is 0 Å². The topological polar surface area (TPSA) is 92.7 Å². The Morgan fingerprint density at radius 2 is 2.28 bits per heavy atom. The molecule has 102 valence electrons. The van der Waals surface area contributed by atoms with E-state index < -0.39 is 22.0 Å². The molecule has 1 aromatic heterocycles. The van der Waals surface area contributed by atoms with Gasteiger partial charge in [0.15, 0.2) is 0 Å². The van der Waals surface area contributed by atoms with Crippen LogP contribution in [0.3, 0.4) is 0 Å². The standard InChI is InChI=1S/C10H15NO5S2/c1-3-7(6-12)11-18(14,15)8-4-5-17-9(8)10(13)16-2/h4-5,7,11-12H,3,6H2,1-2H3. The van der Waals surface area contributed by atoms with Gasteiger partial charge in [-0.15, -0.1) is 11.3 Å². The molecule has 0 saturated heterocycles. The summed E-state index contributed by atoms with van der Waals surface area (Å²) in [5.41, 5.74) is 0. The van der Waals surface area contributed by atoms with Gasteiger partial charge in [-0.25, -0.2) is 17.9 Å². The third-order valence-electron chi connectivity index (χ3n) is 2.32. The quantitative estimate of drug-likeness (QED) is 0.749. The maximum absolute atomic E-state index is 12.0. The first kappa shape index (κ1) is 15.1. The van der Waals surface area contributed by atoms with Crippen LogP contribution in [-0.4, -0.2) is 39.3 Å². The number of sulfonamides is 1. The zero-order valence-corrected chi connectivity index (χ0v) is 11.7. The summed E-state index contributed by atoms with van der Waals surface area (Å²) in [6.07, 6.45) is 0.452. The van der Waals surface area contributed by atoms with Gasteiger partial charge in [-0.1, -0.05) is 6.92 Å².